The summed E-state index contributed by atoms with van der Waals surface area (Å²) in [6, 6.07) is 14.1. The Labute approximate surface area is 208 Å². The highest BCUT2D eigenvalue weighted by atomic mass is 127. The summed E-state index contributed by atoms with van der Waals surface area (Å²) in [6.07, 6.45) is 5.78. The molecule has 2 aromatic heterocycles. The molecule has 1 fully saturated rings. The van der Waals surface area contributed by atoms with Crippen molar-refractivity contribution in [3.63, 3.8) is 0 Å². The SMILES string of the molecule is CN(C)CCNc1ccc(Nc2nccc(-c3ccc(N4CCC[C@@H]4I)c(C#N)c3)n2)cn1. The first kappa shape index (κ1) is 23.2. The number of benzene rings is 1. The van der Waals surface area contributed by atoms with E-state index >= 15 is 0 Å². The first-order valence-corrected chi connectivity index (χ1v) is 12.2. The number of halogens is 1. The van der Waals surface area contributed by atoms with Crippen molar-refractivity contribution in [1.82, 2.24) is 19.9 Å². The average Bonchev–Trinajstić information content (AvgIpc) is 3.25. The maximum Gasteiger partial charge on any atom is 0.227 e. The summed E-state index contributed by atoms with van der Waals surface area (Å²) in [5.41, 5.74) is 4.13. The van der Waals surface area contributed by atoms with Crippen molar-refractivity contribution in [3.05, 3.63) is 54.4 Å². The Morgan fingerprint density at radius 3 is 2.79 bits per heavy atom. The van der Waals surface area contributed by atoms with Crippen LogP contribution in [0.4, 0.5) is 23.1 Å². The van der Waals surface area contributed by atoms with E-state index in [1.807, 2.05) is 50.5 Å². The topological polar surface area (TPSA) is 93.0 Å². The molecule has 0 spiro atoms. The van der Waals surface area contributed by atoms with Crippen molar-refractivity contribution < 1.29 is 0 Å². The fourth-order valence-electron chi connectivity index (χ4n) is 3.72. The molecule has 9 heteroatoms. The van der Waals surface area contributed by atoms with Gasteiger partial charge >= 0.3 is 0 Å². The largest absolute Gasteiger partial charge is 0.369 e. The first-order valence-electron chi connectivity index (χ1n) is 10.9. The van der Waals surface area contributed by atoms with E-state index in [0.29, 0.717) is 15.6 Å². The minimum atomic E-state index is 0.429. The molecule has 3 heterocycles. The summed E-state index contributed by atoms with van der Waals surface area (Å²) in [4.78, 5) is 17.9. The maximum atomic E-state index is 9.75. The number of nitrogens with one attached hydrogen (secondary N) is 2. The molecular weight excluding hydrogens is 527 g/mol. The highest BCUT2D eigenvalue weighted by Gasteiger charge is 2.24. The van der Waals surface area contributed by atoms with Gasteiger partial charge in [0.2, 0.25) is 5.95 Å². The lowest BCUT2D eigenvalue weighted by molar-refractivity contribution is 0.425. The highest BCUT2D eigenvalue weighted by Crippen LogP contribution is 2.33. The monoisotopic (exact) mass is 554 g/mol. The number of anilines is 4. The quantitative estimate of drug-likeness (QED) is 0.239. The molecule has 33 heavy (non-hydrogen) atoms. The zero-order valence-electron chi connectivity index (χ0n) is 18.8. The zero-order valence-corrected chi connectivity index (χ0v) is 21.0. The van der Waals surface area contributed by atoms with Gasteiger partial charge in [-0.05, 0) is 57.3 Å². The number of hydrogen-bond donors (Lipinski definition) is 2. The Balaban J connectivity index is 1.47. The Morgan fingerprint density at radius 1 is 1.21 bits per heavy atom. The standard InChI is InChI=1S/C24H27IN8/c1-32(2)13-11-27-23-8-6-19(16-29-23)30-24-28-10-9-20(31-24)17-5-7-21(18(14-17)15-26)33-12-3-4-22(33)25/h5-10,14,16,22H,3-4,11-13H2,1-2H3,(H,27,29)(H,28,30,31)/t22-/m1/s1. The van der Waals surface area contributed by atoms with Crippen molar-refractivity contribution in [3.8, 4) is 17.3 Å². The van der Waals surface area contributed by atoms with Crippen molar-refractivity contribution in [2.24, 2.45) is 0 Å². The van der Waals surface area contributed by atoms with Gasteiger partial charge in [-0.1, -0.05) is 28.7 Å². The van der Waals surface area contributed by atoms with Crippen LogP contribution >= 0.6 is 22.6 Å². The van der Waals surface area contributed by atoms with Crippen LogP contribution in [0.3, 0.4) is 0 Å². The Morgan fingerprint density at radius 2 is 2.09 bits per heavy atom. The lowest BCUT2D eigenvalue weighted by Gasteiger charge is -2.23. The maximum absolute atomic E-state index is 9.75. The molecule has 0 amide bonds. The Hall–Kier alpha value is -2.97. The van der Waals surface area contributed by atoms with Crippen LogP contribution in [-0.4, -0.2) is 57.6 Å². The molecule has 1 aromatic carbocycles. The average molecular weight is 554 g/mol. The number of aromatic nitrogens is 3. The summed E-state index contributed by atoms with van der Waals surface area (Å²) in [5, 5.41) is 16.3. The molecule has 0 bridgehead atoms. The van der Waals surface area contributed by atoms with Crippen molar-refractivity contribution in [2.75, 3.05) is 49.3 Å². The smallest absolute Gasteiger partial charge is 0.227 e. The molecule has 2 N–H and O–H groups in total. The molecule has 0 saturated carbocycles. The second-order valence-corrected chi connectivity index (χ2v) is 9.60. The van der Waals surface area contributed by atoms with Gasteiger partial charge in [0.15, 0.2) is 0 Å². The second kappa shape index (κ2) is 10.8. The second-order valence-electron chi connectivity index (χ2n) is 8.17. The molecule has 0 radical (unpaired) electrons. The molecule has 1 atom stereocenters. The third-order valence-electron chi connectivity index (χ3n) is 5.44. The minimum Gasteiger partial charge on any atom is -0.369 e. The van der Waals surface area contributed by atoms with Gasteiger partial charge in [-0.3, -0.25) is 0 Å². The van der Waals surface area contributed by atoms with Crippen LogP contribution in [0.25, 0.3) is 11.3 Å². The first-order chi connectivity index (χ1) is 16.0. The minimum absolute atomic E-state index is 0.429. The normalized spacial score (nSPS) is 15.5. The fourth-order valence-corrected chi connectivity index (χ4v) is 4.74. The molecule has 0 unspecified atom stereocenters. The van der Waals surface area contributed by atoms with Gasteiger partial charge in [-0.2, -0.15) is 5.26 Å². The van der Waals surface area contributed by atoms with Crippen LogP contribution in [0.15, 0.2) is 48.8 Å². The number of nitrogens with zero attached hydrogens (tertiary/aromatic N) is 6. The predicted molar refractivity (Wildman–Crippen MR) is 141 cm³/mol. The van der Waals surface area contributed by atoms with Crippen molar-refractivity contribution in [1.29, 1.82) is 5.26 Å². The van der Waals surface area contributed by atoms with Crippen LogP contribution < -0.4 is 15.5 Å². The van der Waals surface area contributed by atoms with Gasteiger partial charge in [0.1, 0.15) is 11.9 Å². The van der Waals surface area contributed by atoms with E-state index in [4.69, 9.17) is 0 Å². The lowest BCUT2D eigenvalue weighted by Crippen LogP contribution is -2.24. The summed E-state index contributed by atoms with van der Waals surface area (Å²) in [6.45, 7) is 2.76. The van der Waals surface area contributed by atoms with Gasteiger partial charge in [-0.25, -0.2) is 15.0 Å². The molecule has 3 aromatic rings. The molecule has 8 nitrogen and oxygen atoms in total. The number of pyridine rings is 1. The Kier molecular flexibility index (Phi) is 7.57. The summed E-state index contributed by atoms with van der Waals surface area (Å²) < 4.78 is 0.429. The van der Waals surface area contributed by atoms with E-state index in [0.717, 1.165) is 60.9 Å². The number of nitriles is 1. The van der Waals surface area contributed by atoms with E-state index < -0.39 is 0 Å². The van der Waals surface area contributed by atoms with Crippen LogP contribution in [0.1, 0.15) is 18.4 Å². The summed E-state index contributed by atoms with van der Waals surface area (Å²) >= 11 is 2.45. The molecule has 1 saturated heterocycles. The Bertz CT molecular complexity index is 1130. The van der Waals surface area contributed by atoms with Crippen molar-refractivity contribution >= 4 is 45.7 Å². The van der Waals surface area contributed by atoms with Gasteiger partial charge in [0, 0.05) is 31.4 Å². The number of alkyl halides is 1. The van der Waals surface area contributed by atoms with Gasteiger partial charge in [-0.15, -0.1) is 0 Å². The molecule has 170 valence electrons. The van der Waals surface area contributed by atoms with E-state index in [-0.39, 0.29) is 0 Å². The summed E-state index contributed by atoms with van der Waals surface area (Å²) in [5.74, 6) is 1.31. The van der Waals surface area contributed by atoms with E-state index in [9.17, 15) is 5.26 Å². The van der Waals surface area contributed by atoms with Crippen LogP contribution in [-0.2, 0) is 0 Å². The number of hydrogen-bond acceptors (Lipinski definition) is 8. The molecule has 1 aliphatic rings. The highest BCUT2D eigenvalue weighted by molar-refractivity contribution is 14.1. The predicted octanol–water partition coefficient (Wildman–Crippen LogP) is 4.49. The van der Waals surface area contributed by atoms with Gasteiger partial charge < -0.3 is 20.4 Å². The van der Waals surface area contributed by atoms with Gasteiger partial charge in [0.05, 0.1) is 32.9 Å². The summed E-state index contributed by atoms with van der Waals surface area (Å²) in [7, 11) is 4.08. The van der Waals surface area contributed by atoms with Gasteiger partial charge in [0.25, 0.3) is 0 Å². The molecular formula is C24H27IN8. The van der Waals surface area contributed by atoms with Crippen LogP contribution in [0, 0.1) is 11.3 Å². The number of likely N-dealkylation sites (N-methyl/N-ethyl adjacent to an activating group) is 1. The van der Waals surface area contributed by atoms with E-state index in [1.165, 1.54) is 0 Å². The third kappa shape index (κ3) is 5.89. The number of rotatable bonds is 8. The molecule has 4 rings (SSSR count). The van der Waals surface area contributed by atoms with E-state index in [2.05, 4.69) is 64.0 Å². The molecule has 1 aliphatic heterocycles. The zero-order chi connectivity index (χ0) is 23.2. The van der Waals surface area contributed by atoms with Crippen molar-refractivity contribution in [2.45, 2.75) is 16.9 Å². The van der Waals surface area contributed by atoms with Crippen LogP contribution in [0.2, 0.25) is 0 Å². The third-order valence-corrected chi connectivity index (χ3v) is 6.74. The molecule has 0 aliphatic carbocycles. The fraction of sp³-hybridized carbons (Fsp3) is 0.333. The van der Waals surface area contributed by atoms with E-state index in [1.54, 1.807) is 12.4 Å². The van der Waals surface area contributed by atoms with Crippen LogP contribution in [0.5, 0.6) is 0 Å². The lowest BCUT2D eigenvalue weighted by atomic mass is 10.1.